The molecule has 1 aliphatic heterocycles. The van der Waals surface area contributed by atoms with Crippen molar-refractivity contribution in [3.63, 3.8) is 0 Å². The van der Waals surface area contributed by atoms with Crippen LogP contribution in [0, 0.1) is 5.82 Å². The average Bonchev–Trinajstić information content (AvgIpc) is 3.37. The summed E-state index contributed by atoms with van der Waals surface area (Å²) in [7, 11) is 1.33. The van der Waals surface area contributed by atoms with Gasteiger partial charge in [-0.15, -0.1) is 0 Å². The van der Waals surface area contributed by atoms with E-state index in [9.17, 15) is 14.0 Å². The maximum Gasteiger partial charge on any atom is 0.316 e. The molecule has 2 aromatic heterocycles. The summed E-state index contributed by atoms with van der Waals surface area (Å²) in [5.74, 6) is -0.698. The number of aromatic amines is 1. The van der Waals surface area contributed by atoms with Crippen molar-refractivity contribution >= 4 is 23.6 Å². The van der Waals surface area contributed by atoms with Crippen molar-refractivity contribution in [1.29, 1.82) is 0 Å². The second-order valence-corrected chi connectivity index (χ2v) is 8.34. The maximum absolute atomic E-state index is 13.5. The first kappa shape index (κ1) is 21.9. The van der Waals surface area contributed by atoms with Gasteiger partial charge in [-0.2, -0.15) is 5.10 Å². The van der Waals surface area contributed by atoms with Crippen LogP contribution < -0.4 is 0 Å². The Morgan fingerprint density at radius 2 is 2.09 bits per heavy atom. The molecule has 10 heteroatoms. The number of thioether (sulfide) groups is 1. The molecule has 0 saturated carbocycles. The molecule has 1 saturated heterocycles. The minimum absolute atomic E-state index is 0.0277. The lowest BCUT2D eigenvalue weighted by atomic mass is 9.89. The van der Waals surface area contributed by atoms with Crippen molar-refractivity contribution in [2.24, 2.45) is 0 Å². The van der Waals surface area contributed by atoms with E-state index in [4.69, 9.17) is 9.72 Å². The van der Waals surface area contributed by atoms with Crippen LogP contribution in [0.25, 0.3) is 11.1 Å². The Morgan fingerprint density at radius 1 is 1.28 bits per heavy atom. The monoisotopic (exact) mass is 455 g/mol. The Labute approximate surface area is 188 Å². The fourth-order valence-corrected chi connectivity index (χ4v) is 4.38. The summed E-state index contributed by atoms with van der Waals surface area (Å²) < 4.78 is 18.2. The van der Waals surface area contributed by atoms with Gasteiger partial charge in [-0.1, -0.05) is 23.9 Å². The minimum Gasteiger partial charge on any atom is -0.468 e. The van der Waals surface area contributed by atoms with E-state index in [2.05, 4.69) is 15.2 Å². The van der Waals surface area contributed by atoms with Crippen molar-refractivity contribution < 1.29 is 18.7 Å². The predicted molar refractivity (Wildman–Crippen MR) is 117 cm³/mol. The zero-order valence-electron chi connectivity index (χ0n) is 17.5. The third kappa shape index (κ3) is 4.96. The van der Waals surface area contributed by atoms with Gasteiger partial charge in [0.1, 0.15) is 5.82 Å². The SMILES string of the molecule is COC(=O)CSc1ncc(-c2ccc(F)cc2)c([C@@H]2CCCN(C(=O)c3cn[nH]c3)C2)n1. The summed E-state index contributed by atoms with van der Waals surface area (Å²) in [5.41, 5.74) is 2.88. The lowest BCUT2D eigenvalue weighted by molar-refractivity contribution is -0.137. The second kappa shape index (κ2) is 9.90. The average molecular weight is 456 g/mol. The third-order valence-electron chi connectivity index (χ3n) is 5.34. The first-order valence-corrected chi connectivity index (χ1v) is 11.1. The van der Waals surface area contributed by atoms with Gasteiger partial charge in [-0.3, -0.25) is 14.7 Å². The third-order valence-corrected chi connectivity index (χ3v) is 6.17. The number of nitrogens with one attached hydrogen (secondary N) is 1. The number of likely N-dealkylation sites (tertiary alicyclic amines) is 1. The highest BCUT2D eigenvalue weighted by molar-refractivity contribution is 7.99. The van der Waals surface area contributed by atoms with Crippen LogP contribution in [-0.2, 0) is 9.53 Å². The first-order chi connectivity index (χ1) is 15.5. The number of carbonyl (C=O) groups is 2. The molecule has 32 heavy (non-hydrogen) atoms. The van der Waals surface area contributed by atoms with Gasteiger partial charge in [0.2, 0.25) is 0 Å². The Bertz CT molecular complexity index is 1090. The summed E-state index contributed by atoms with van der Waals surface area (Å²) in [6.45, 7) is 1.15. The van der Waals surface area contributed by atoms with Gasteiger partial charge in [-0.05, 0) is 30.5 Å². The number of nitrogens with zero attached hydrogens (tertiary/aromatic N) is 4. The van der Waals surface area contributed by atoms with Crippen molar-refractivity contribution in [2.45, 2.75) is 23.9 Å². The predicted octanol–water partition coefficient (Wildman–Crippen LogP) is 3.29. The van der Waals surface area contributed by atoms with Gasteiger partial charge in [-0.25, -0.2) is 14.4 Å². The number of halogens is 1. The van der Waals surface area contributed by atoms with Gasteiger partial charge in [0.25, 0.3) is 5.91 Å². The topological polar surface area (TPSA) is 101 Å². The molecule has 1 aliphatic rings. The molecule has 1 fully saturated rings. The molecule has 1 amide bonds. The van der Waals surface area contributed by atoms with Gasteiger partial charge in [0, 0.05) is 37.0 Å². The summed E-state index contributed by atoms with van der Waals surface area (Å²) >= 11 is 1.19. The van der Waals surface area contributed by atoms with Crippen LogP contribution in [0.4, 0.5) is 4.39 Å². The Morgan fingerprint density at radius 3 is 2.81 bits per heavy atom. The molecule has 3 heterocycles. The van der Waals surface area contributed by atoms with Crippen LogP contribution in [0.2, 0.25) is 0 Å². The molecule has 1 atom stereocenters. The normalized spacial score (nSPS) is 16.1. The minimum atomic E-state index is -0.364. The number of esters is 1. The second-order valence-electron chi connectivity index (χ2n) is 7.40. The summed E-state index contributed by atoms with van der Waals surface area (Å²) in [6, 6.07) is 6.18. The van der Waals surface area contributed by atoms with Crippen LogP contribution in [0.1, 0.15) is 34.8 Å². The van der Waals surface area contributed by atoms with E-state index in [0.29, 0.717) is 23.8 Å². The summed E-state index contributed by atoms with van der Waals surface area (Å²) in [6.07, 6.45) is 6.48. The highest BCUT2D eigenvalue weighted by Gasteiger charge is 2.29. The van der Waals surface area contributed by atoms with Crippen LogP contribution in [0.3, 0.4) is 0 Å². The lowest BCUT2D eigenvalue weighted by Gasteiger charge is -2.33. The van der Waals surface area contributed by atoms with Gasteiger partial charge in [0.05, 0.1) is 30.3 Å². The standard InChI is InChI=1S/C22H22FN5O3S/c1-31-19(29)13-32-22-24-11-18(14-4-6-17(23)7-5-14)20(27-22)15-3-2-8-28(12-15)21(30)16-9-25-26-10-16/h4-7,9-11,15H,2-3,8,12-13H2,1H3,(H,25,26)/t15-/m1/s1. The Kier molecular flexibility index (Phi) is 6.79. The van der Waals surface area contributed by atoms with Crippen molar-refractivity contribution in [2.75, 3.05) is 26.0 Å². The number of amides is 1. The molecule has 0 bridgehead atoms. The molecule has 166 valence electrons. The number of H-pyrrole nitrogens is 1. The van der Waals surface area contributed by atoms with E-state index in [-0.39, 0.29) is 29.4 Å². The number of hydrogen-bond acceptors (Lipinski definition) is 7. The van der Waals surface area contributed by atoms with E-state index < -0.39 is 0 Å². The number of aromatic nitrogens is 4. The maximum atomic E-state index is 13.5. The number of hydrogen-bond donors (Lipinski definition) is 1. The Balaban J connectivity index is 1.64. The fourth-order valence-electron chi connectivity index (χ4n) is 3.73. The molecule has 0 spiro atoms. The molecule has 0 unspecified atom stereocenters. The molecule has 1 aromatic carbocycles. The number of carbonyl (C=O) groups excluding carboxylic acids is 2. The number of rotatable bonds is 6. The van der Waals surface area contributed by atoms with Crippen molar-refractivity contribution in [3.8, 4) is 11.1 Å². The van der Waals surface area contributed by atoms with E-state index >= 15 is 0 Å². The number of ether oxygens (including phenoxy) is 1. The molecule has 4 rings (SSSR count). The first-order valence-electron chi connectivity index (χ1n) is 10.2. The van der Waals surface area contributed by atoms with Crippen LogP contribution in [-0.4, -0.2) is 62.9 Å². The zero-order valence-corrected chi connectivity index (χ0v) is 18.3. The van der Waals surface area contributed by atoms with Crippen LogP contribution >= 0.6 is 11.8 Å². The highest BCUT2D eigenvalue weighted by atomic mass is 32.2. The van der Waals surface area contributed by atoms with Crippen molar-refractivity contribution in [3.05, 3.63) is 59.9 Å². The molecular weight excluding hydrogens is 433 g/mol. The van der Waals surface area contributed by atoms with Crippen LogP contribution in [0.15, 0.2) is 48.0 Å². The quantitative estimate of drug-likeness (QED) is 0.346. The molecule has 1 N–H and O–H groups in total. The molecule has 0 aliphatic carbocycles. The van der Waals surface area contributed by atoms with E-state index in [1.807, 2.05) is 0 Å². The fraction of sp³-hybridized carbons (Fsp3) is 0.318. The molecule has 8 nitrogen and oxygen atoms in total. The van der Waals surface area contributed by atoms with Gasteiger partial charge in [0.15, 0.2) is 5.16 Å². The molecule has 3 aromatic rings. The van der Waals surface area contributed by atoms with E-state index in [1.54, 1.807) is 29.4 Å². The molecular formula is C22H22FN5O3S. The summed E-state index contributed by atoms with van der Waals surface area (Å²) in [4.78, 5) is 35.3. The lowest BCUT2D eigenvalue weighted by Crippen LogP contribution is -2.39. The van der Waals surface area contributed by atoms with Crippen LogP contribution in [0.5, 0.6) is 0 Å². The van der Waals surface area contributed by atoms with Crippen molar-refractivity contribution in [1.82, 2.24) is 25.1 Å². The number of piperidine rings is 1. The Hall–Kier alpha value is -3.27. The zero-order chi connectivity index (χ0) is 22.5. The molecule has 0 radical (unpaired) electrons. The largest absolute Gasteiger partial charge is 0.468 e. The smallest absolute Gasteiger partial charge is 0.316 e. The number of benzene rings is 1. The van der Waals surface area contributed by atoms with E-state index in [1.165, 1.54) is 37.2 Å². The number of methoxy groups -OCH3 is 1. The summed E-state index contributed by atoms with van der Waals surface area (Å²) in [5, 5.41) is 6.99. The highest BCUT2D eigenvalue weighted by Crippen LogP contribution is 2.34. The van der Waals surface area contributed by atoms with Gasteiger partial charge < -0.3 is 9.64 Å². The van der Waals surface area contributed by atoms with E-state index in [0.717, 1.165) is 29.7 Å². The van der Waals surface area contributed by atoms with Gasteiger partial charge >= 0.3 is 5.97 Å².